The van der Waals surface area contributed by atoms with Crippen LogP contribution < -0.4 is 4.31 Å². The van der Waals surface area contributed by atoms with Crippen LogP contribution in [0.5, 0.6) is 0 Å². The molecule has 2 aromatic rings. The number of anilines is 1. The van der Waals surface area contributed by atoms with Crippen molar-refractivity contribution in [3.63, 3.8) is 0 Å². The molecule has 1 aromatic carbocycles. The molecule has 0 aliphatic carbocycles. The van der Waals surface area contributed by atoms with Gasteiger partial charge in [-0.25, -0.2) is 8.42 Å². The number of carbonyl (C=O) groups excluding carboxylic acids is 1. The van der Waals surface area contributed by atoms with Crippen molar-refractivity contribution in [2.45, 2.75) is 39.8 Å². The van der Waals surface area contributed by atoms with Crippen LogP contribution in [-0.4, -0.2) is 37.6 Å². The van der Waals surface area contributed by atoms with Crippen molar-refractivity contribution in [3.05, 3.63) is 53.5 Å². The molecule has 0 atom stereocenters. The van der Waals surface area contributed by atoms with Gasteiger partial charge in [-0.2, -0.15) is 0 Å². The SMILES string of the molecule is Cc1ccc(CN(C(=O)c2cccc(N3CCCS3(=O)=O)c2)C(C)C)o1. The smallest absolute Gasteiger partial charge is 0.254 e. The van der Waals surface area contributed by atoms with Crippen molar-refractivity contribution in [2.75, 3.05) is 16.6 Å². The second-order valence-corrected chi connectivity index (χ2v) is 8.84. The Labute approximate surface area is 154 Å². The summed E-state index contributed by atoms with van der Waals surface area (Å²) in [6.07, 6.45) is 0.608. The Kier molecular flexibility index (Phi) is 5.09. The highest BCUT2D eigenvalue weighted by Gasteiger charge is 2.29. The van der Waals surface area contributed by atoms with Gasteiger partial charge < -0.3 is 9.32 Å². The van der Waals surface area contributed by atoms with Crippen molar-refractivity contribution in [3.8, 4) is 0 Å². The molecule has 0 radical (unpaired) electrons. The van der Waals surface area contributed by atoms with Crippen molar-refractivity contribution in [1.82, 2.24) is 4.90 Å². The van der Waals surface area contributed by atoms with E-state index in [1.54, 1.807) is 29.2 Å². The summed E-state index contributed by atoms with van der Waals surface area (Å²) in [5, 5.41) is 0. The number of rotatable bonds is 5. The van der Waals surface area contributed by atoms with Crippen molar-refractivity contribution in [1.29, 1.82) is 0 Å². The van der Waals surface area contributed by atoms with Gasteiger partial charge in [0.05, 0.1) is 18.0 Å². The van der Waals surface area contributed by atoms with E-state index in [1.807, 2.05) is 32.9 Å². The molecule has 1 fully saturated rings. The molecule has 140 valence electrons. The average molecular weight is 376 g/mol. The molecular weight excluding hydrogens is 352 g/mol. The standard InChI is InChI=1S/C19H24N2O4S/c1-14(2)20(13-18-9-8-15(3)25-18)19(22)16-6-4-7-17(12-16)21-10-5-11-26(21,23)24/h4,6-9,12,14H,5,10-11,13H2,1-3H3. The van der Waals surface area contributed by atoms with Crippen LogP contribution in [0, 0.1) is 6.92 Å². The fourth-order valence-corrected chi connectivity index (χ4v) is 4.67. The van der Waals surface area contributed by atoms with Crippen molar-refractivity contribution in [2.24, 2.45) is 0 Å². The van der Waals surface area contributed by atoms with Crippen LogP contribution in [-0.2, 0) is 16.6 Å². The summed E-state index contributed by atoms with van der Waals surface area (Å²) in [7, 11) is -3.27. The first kappa shape index (κ1) is 18.5. The summed E-state index contributed by atoms with van der Waals surface area (Å²) in [5.41, 5.74) is 1.02. The zero-order valence-electron chi connectivity index (χ0n) is 15.3. The summed E-state index contributed by atoms with van der Waals surface area (Å²) in [6, 6.07) is 10.6. The van der Waals surface area contributed by atoms with Gasteiger partial charge >= 0.3 is 0 Å². The average Bonchev–Trinajstić information content (AvgIpc) is 3.16. The van der Waals surface area contributed by atoms with Crippen molar-refractivity contribution >= 4 is 21.6 Å². The quantitative estimate of drug-likeness (QED) is 0.804. The molecule has 6 nitrogen and oxygen atoms in total. The number of sulfonamides is 1. The molecule has 3 rings (SSSR count). The maximum absolute atomic E-state index is 13.0. The van der Waals surface area contributed by atoms with Crippen LogP contribution in [0.15, 0.2) is 40.8 Å². The summed E-state index contributed by atoms with van der Waals surface area (Å²) >= 11 is 0. The van der Waals surface area contributed by atoms with Crippen LogP contribution in [0.3, 0.4) is 0 Å². The van der Waals surface area contributed by atoms with Gasteiger partial charge in [-0.3, -0.25) is 9.10 Å². The third-order valence-electron chi connectivity index (χ3n) is 4.49. The number of furan rings is 1. The first-order chi connectivity index (χ1) is 12.3. The predicted octanol–water partition coefficient (Wildman–Crippen LogP) is 3.18. The first-order valence-electron chi connectivity index (χ1n) is 8.75. The Balaban J connectivity index is 1.86. The highest BCUT2D eigenvalue weighted by molar-refractivity contribution is 7.93. The van der Waals surface area contributed by atoms with E-state index in [-0.39, 0.29) is 17.7 Å². The van der Waals surface area contributed by atoms with E-state index in [4.69, 9.17) is 4.42 Å². The van der Waals surface area contributed by atoms with E-state index in [1.165, 1.54) is 4.31 Å². The van der Waals surface area contributed by atoms with Crippen LogP contribution in [0.25, 0.3) is 0 Å². The van der Waals surface area contributed by atoms with E-state index >= 15 is 0 Å². The molecule has 1 aliphatic heterocycles. The lowest BCUT2D eigenvalue weighted by Gasteiger charge is -2.26. The number of aryl methyl sites for hydroxylation is 1. The molecule has 1 saturated heterocycles. The molecule has 7 heteroatoms. The van der Waals surface area contributed by atoms with E-state index in [2.05, 4.69) is 0 Å². The molecular formula is C19H24N2O4S. The number of hydrogen-bond acceptors (Lipinski definition) is 4. The molecule has 0 saturated carbocycles. The fraction of sp³-hybridized carbons (Fsp3) is 0.421. The van der Waals surface area contributed by atoms with E-state index in [0.717, 1.165) is 11.5 Å². The lowest BCUT2D eigenvalue weighted by Crippen LogP contribution is -2.36. The molecule has 0 bridgehead atoms. The number of benzene rings is 1. The third-order valence-corrected chi connectivity index (χ3v) is 6.36. The van der Waals surface area contributed by atoms with E-state index in [9.17, 15) is 13.2 Å². The van der Waals surface area contributed by atoms with Crippen LogP contribution in [0.4, 0.5) is 5.69 Å². The lowest BCUT2D eigenvalue weighted by molar-refractivity contribution is 0.0675. The molecule has 0 spiro atoms. The summed E-state index contributed by atoms with van der Waals surface area (Å²) in [4.78, 5) is 14.8. The number of hydrogen-bond donors (Lipinski definition) is 0. The minimum absolute atomic E-state index is 0.0212. The van der Waals surface area contributed by atoms with E-state index < -0.39 is 10.0 Å². The van der Waals surface area contributed by atoms with Gasteiger partial charge in [0, 0.05) is 18.2 Å². The maximum Gasteiger partial charge on any atom is 0.254 e. The lowest BCUT2D eigenvalue weighted by atomic mass is 10.1. The third kappa shape index (κ3) is 3.77. The van der Waals surface area contributed by atoms with Gasteiger partial charge in [0.1, 0.15) is 11.5 Å². The Hall–Kier alpha value is -2.28. The normalized spacial score (nSPS) is 16.2. The van der Waals surface area contributed by atoms with Gasteiger partial charge in [-0.05, 0) is 57.5 Å². The minimum atomic E-state index is -3.27. The first-order valence-corrected chi connectivity index (χ1v) is 10.4. The Morgan fingerprint density at radius 3 is 2.62 bits per heavy atom. The molecule has 0 unspecified atom stereocenters. The van der Waals surface area contributed by atoms with Crippen LogP contribution >= 0.6 is 0 Å². The number of amides is 1. The minimum Gasteiger partial charge on any atom is -0.464 e. The van der Waals surface area contributed by atoms with Gasteiger partial charge in [0.2, 0.25) is 10.0 Å². The second kappa shape index (κ2) is 7.15. The monoisotopic (exact) mass is 376 g/mol. The zero-order chi connectivity index (χ0) is 18.9. The van der Waals surface area contributed by atoms with Gasteiger partial charge in [0.15, 0.2) is 0 Å². The number of carbonyl (C=O) groups is 1. The fourth-order valence-electron chi connectivity index (χ4n) is 3.12. The highest BCUT2D eigenvalue weighted by Crippen LogP contribution is 2.26. The molecule has 1 aliphatic rings. The Morgan fingerprint density at radius 2 is 2.04 bits per heavy atom. The van der Waals surface area contributed by atoms with Gasteiger partial charge in [-0.15, -0.1) is 0 Å². The van der Waals surface area contributed by atoms with Crippen LogP contribution in [0.2, 0.25) is 0 Å². The molecule has 1 amide bonds. The molecule has 1 aromatic heterocycles. The summed E-state index contributed by atoms with van der Waals surface area (Å²) in [5.74, 6) is 1.54. The molecule has 26 heavy (non-hydrogen) atoms. The van der Waals surface area contributed by atoms with E-state index in [0.29, 0.717) is 30.8 Å². The predicted molar refractivity (Wildman–Crippen MR) is 101 cm³/mol. The van der Waals surface area contributed by atoms with Crippen LogP contribution in [0.1, 0.15) is 42.1 Å². The largest absolute Gasteiger partial charge is 0.464 e. The summed E-state index contributed by atoms with van der Waals surface area (Å²) < 4.78 is 31.3. The Morgan fingerprint density at radius 1 is 1.27 bits per heavy atom. The van der Waals surface area contributed by atoms with Gasteiger partial charge in [0.25, 0.3) is 5.91 Å². The second-order valence-electron chi connectivity index (χ2n) is 6.83. The van der Waals surface area contributed by atoms with Crippen molar-refractivity contribution < 1.29 is 17.6 Å². The summed E-state index contributed by atoms with van der Waals surface area (Å²) in [6.45, 7) is 6.59. The topological polar surface area (TPSA) is 70.8 Å². The maximum atomic E-state index is 13.0. The highest BCUT2D eigenvalue weighted by atomic mass is 32.2. The number of nitrogens with zero attached hydrogens (tertiary/aromatic N) is 2. The Bertz CT molecular complexity index is 902. The van der Waals surface area contributed by atoms with Gasteiger partial charge in [-0.1, -0.05) is 6.07 Å². The molecule has 2 heterocycles. The zero-order valence-corrected chi connectivity index (χ0v) is 16.1. The molecule has 0 N–H and O–H groups in total.